The Morgan fingerprint density at radius 3 is 2.33 bits per heavy atom. The Bertz CT molecular complexity index is 991. The molecule has 1 aliphatic carbocycles. The number of nitrogens with one attached hydrogen (secondary N) is 1. The maximum Gasteiger partial charge on any atom is 0.264 e. The van der Waals surface area contributed by atoms with Crippen LogP contribution in [-0.4, -0.2) is 59.7 Å². The molecule has 33 heavy (non-hydrogen) atoms. The number of hydrogen-bond acceptors (Lipinski definition) is 5. The van der Waals surface area contributed by atoms with E-state index in [0.717, 1.165) is 38.8 Å². The third kappa shape index (κ3) is 5.57. The van der Waals surface area contributed by atoms with Crippen LogP contribution in [0.5, 0.6) is 0 Å². The maximum absolute atomic E-state index is 13.3. The molecule has 2 fully saturated rings. The molecule has 1 saturated heterocycles. The van der Waals surface area contributed by atoms with Crippen molar-refractivity contribution in [3.63, 3.8) is 0 Å². The minimum absolute atomic E-state index is 0.0108. The number of thiophene rings is 1. The van der Waals surface area contributed by atoms with Crippen LogP contribution in [0, 0.1) is 5.92 Å². The Morgan fingerprint density at radius 1 is 1.00 bits per heavy atom. The van der Waals surface area contributed by atoms with Crippen LogP contribution in [0.25, 0.3) is 0 Å². The predicted octanol–water partition coefficient (Wildman–Crippen LogP) is 3.06. The molecule has 3 amide bonds. The highest BCUT2D eigenvalue weighted by atomic mass is 35.5. The summed E-state index contributed by atoms with van der Waals surface area (Å²) in [5.74, 6) is -0.888. The zero-order valence-electron chi connectivity index (χ0n) is 18.4. The monoisotopic (exact) mass is 488 g/mol. The van der Waals surface area contributed by atoms with Crippen molar-refractivity contribution >= 4 is 40.7 Å². The molecule has 2 aromatic rings. The number of primary amides is 1. The van der Waals surface area contributed by atoms with Crippen LogP contribution < -0.4 is 11.1 Å². The van der Waals surface area contributed by atoms with E-state index in [2.05, 4.69) is 10.2 Å². The SMILES string of the molecule is NC(=O)[C@@H](NC(=O)[C@@H]1CCCC[C@H]1N1CCN(C(=O)c2ccc(Cl)s2)CC1)c1ccccc1. The number of rotatable bonds is 6. The van der Waals surface area contributed by atoms with Crippen molar-refractivity contribution in [1.29, 1.82) is 0 Å². The van der Waals surface area contributed by atoms with Crippen LogP contribution in [-0.2, 0) is 9.59 Å². The number of amides is 3. The summed E-state index contributed by atoms with van der Waals surface area (Å²) < 4.78 is 0.609. The van der Waals surface area contributed by atoms with E-state index in [1.165, 1.54) is 11.3 Å². The lowest BCUT2D eigenvalue weighted by Crippen LogP contribution is -2.56. The molecule has 9 heteroatoms. The molecule has 4 rings (SSSR count). The number of hydrogen-bond donors (Lipinski definition) is 2. The number of piperazine rings is 1. The number of carbonyl (C=O) groups excluding carboxylic acids is 3. The molecule has 3 N–H and O–H groups in total. The highest BCUT2D eigenvalue weighted by Gasteiger charge is 2.38. The highest BCUT2D eigenvalue weighted by Crippen LogP contribution is 2.31. The average Bonchev–Trinajstić information content (AvgIpc) is 3.28. The number of nitrogens with zero attached hydrogens (tertiary/aromatic N) is 2. The fourth-order valence-corrected chi connectivity index (χ4v) is 5.92. The highest BCUT2D eigenvalue weighted by molar-refractivity contribution is 7.17. The Kier molecular flexibility index (Phi) is 7.67. The summed E-state index contributed by atoms with van der Waals surface area (Å²) in [6.07, 6.45) is 3.76. The Morgan fingerprint density at radius 2 is 1.70 bits per heavy atom. The van der Waals surface area contributed by atoms with Crippen molar-refractivity contribution in [2.24, 2.45) is 11.7 Å². The minimum atomic E-state index is -0.839. The van der Waals surface area contributed by atoms with E-state index < -0.39 is 11.9 Å². The number of nitrogens with two attached hydrogens (primary N) is 1. The predicted molar refractivity (Wildman–Crippen MR) is 129 cm³/mol. The molecule has 1 aromatic heterocycles. The van der Waals surface area contributed by atoms with Gasteiger partial charge in [0.1, 0.15) is 6.04 Å². The van der Waals surface area contributed by atoms with Gasteiger partial charge in [0, 0.05) is 32.2 Å². The Hall–Kier alpha value is -2.42. The maximum atomic E-state index is 13.3. The van der Waals surface area contributed by atoms with Gasteiger partial charge >= 0.3 is 0 Å². The summed E-state index contributed by atoms with van der Waals surface area (Å²) in [5.41, 5.74) is 6.29. The average molecular weight is 489 g/mol. The van der Waals surface area contributed by atoms with Gasteiger partial charge in [0.15, 0.2) is 0 Å². The lowest BCUT2D eigenvalue weighted by Gasteiger charge is -2.43. The van der Waals surface area contributed by atoms with Crippen LogP contribution in [0.3, 0.4) is 0 Å². The largest absolute Gasteiger partial charge is 0.368 e. The van der Waals surface area contributed by atoms with Crippen molar-refractivity contribution in [2.75, 3.05) is 26.2 Å². The van der Waals surface area contributed by atoms with Gasteiger partial charge in [0.25, 0.3) is 5.91 Å². The van der Waals surface area contributed by atoms with Gasteiger partial charge in [-0.1, -0.05) is 54.8 Å². The Labute approximate surface area is 202 Å². The molecule has 1 saturated carbocycles. The molecule has 176 valence electrons. The molecular formula is C24H29ClN4O3S. The van der Waals surface area contributed by atoms with Crippen molar-refractivity contribution in [2.45, 2.75) is 37.8 Å². The lowest BCUT2D eigenvalue weighted by molar-refractivity contribution is -0.133. The van der Waals surface area contributed by atoms with Crippen LogP contribution in [0.1, 0.15) is 47.0 Å². The second-order valence-electron chi connectivity index (χ2n) is 8.64. The van der Waals surface area contributed by atoms with E-state index in [1.54, 1.807) is 24.3 Å². The summed E-state index contributed by atoms with van der Waals surface area (Å²) in [6, 6.07) is 11.9. The van der Waals surface area contributed by atoms with Crippen molar-refractivity contribution in [3.05, 3.63) is 57.2 Å². The summed E-state index contributed by atoms with van der Waals surface area (Å²) in [7, 11) is 0. The van der Waals surface area contributed by atoms with Crippen molar-refractivity contribution < 1.29 is 14.4 Å². The minimum Gasteiger partial charge on any atom is -0.368 e. The standard InChI is InChI=1S/C24H29ClN4O3S/c25-20-11-10-19(33-20)24(32)29-14-12-28(13-15-29)18-9-5-4-8-17(18)23(31)27-21(22(26)30)16-6-2-1-3-7-16/h1-3,6-7,10-11,17-18,21H,4-5,8-9,12-15H2,(H2,26,30)(H,27,31)/t17-,18-,21+/m1/s1. The zero-order chi connectivity index (χ0) is 23.4. The van der Waals surface area contributed by atoms with Gasteiger partial charge in [0.2, 0.25) is 11.8 Å². The number of halogens is 1. The molecule has 0 unspecified atom stereocenters. The fraction of sp³-hybridized carbons (Fsp3) is 0.458. The van der Waals surface area contributed by atoms with Crippen LogP contribution in [0.4, 0.5) is 0 Å². The first kappa shape index (κ1) is 23.7. The van der Waals surface area contributed by atoms with Gasteiger partial charge in [-0.2, -0.15) is 0 Å². The normalized spacial score (nSPS) is 22.5. The van der Waals surface area contributed by atoms with E-state index >= 15 is 0 Å². The molecule has 2 heterocycles. The number of benzene rings is 1. The van der Waals surface area contributed by atoms with Crippen LogP contribution >= 0.6 is 22.9 Å². The zero-order valence-corrected chi connectivity index (χ0v) is 20.0. The van der Waals surface area contributed by atoms with E-state index in [9.17, 15) is 14.4 Å². The lowest BCUT2D eigenvalue weighted by atomic mass is 9.82. The van der Waals surface area contributed by atoms with Crippen LogP contribution in [0.2, 0.25) is 4.34 Å². The molecule has 0 spiro atoms. The number of carbonyl (C=O) groups is 3. The van der Waals surface area contributed by atoms with E-state index in [1.807, 2.05) is 23.1 Å². The first-order valence-corrected chi connectivity index (χ1v) is 12.6. The third-order valence-corrected chi connectivity index (χ3v) is 7.84. The molecule has 2 aliphatic rings. The summed E-state index contributed by atoms with van der Waals surface area (Å²) in [5, 5.41) is 2.91. The van der Waals surface area contributed by atoms with E-state index in [4.69, 9.17) is 17.3 Å². The van der Waals surface area contributed by atoms with E-state index in [0.29, 0.717) is 27.9 Å². The first-order chi connectivity index (χ1) is 15.9. The molecule has 0 radical (unpaired) electrons. The molecular weight excluding hydrogens is 460 g/mol. The molecule has 3 atom stereocenters. The third-order valence-electron chi connectivity index (χ3n) is 6.62. The van der Waals surface area contributed by atoms with Gasteiger partial charge in [-0.3, -0.25) is 19.3 Å². The first-order valence-electron chi connectivity index (χ1n) is 11.4. The van der Waals surface area contributed by atoms with Gasteiger partial charge in [0.05, 0.1) is 15.1 Å². The van der Waals surface area contributed by atoms with Gasteiger partial charge < -0.3 is 16.0 Å². The van der Waals surface area contributed by atoms with Crippen molar-refractivity contribution in [1.82, 2.24) is 15.1 Å². The summed E-state index contributed by atoms with van der Waals surface area (Å²) in [6.45, 7) is 2.68. The molecule has 1 aromatic carbocycles. The summed E-state index contributed by atoms with van der Waals surface area (Å²) in [4.78, 5) is 42.9. The molecule has 1 aliphatic heterocycles. The quantitative estimate of drug-likeness (QED) is 0.653. The van der Waals surface area contributed by atoms with Gasteiger partial charge in [-0.15, -0.1) is 11.3 Å². The summed E-state index contributed by atoms with van der Waals surface area (Å²) >= 11 is 7.28. The van der Waals surface area contributed by atoms with E-state index in [-0.39, 0.29) is 23.8 Å². The van der Waals surface area contributed by atoms with Gasteiger partial charge in [-0.25, -0.2) is 0 Å². The van der Waals surface area contributed by atoms with Gasteiger partial charge in [-0.05, 0) is 30.5 Å². The second-order valence-corrected chi connectivity index (χ2v) is 10.4. The molecule has 0 bridgehead atoms. The van der Waals surface area contributed by atoms with Crippen LogP contribution in [0.15, 0.2) is 42.5 Å². The fourth-order valence-electron chi connectivity index (χ4n) is 4.91. The Balaban J connectivity index is 1.39. The molecule has 7 nitrogen and oxygen atoms in total. The smallest absolute Gasteiger partial charge is 0.264 e. The second kappa shape index (κ2) is 10.7. The van der Waals surface area contributed by atoms with Crippen molar-refractivity contribution in [3.8, 4) is 0 Å². The topological polar surface area (TPSA) is 95.7 Å².